The molecule has 0 N–H and O–H groups in total. The van der Waals surface area contributed by atoms with Crippen LogP contribution in [0, 0.1) is 58.2 Å². The molecule has 148 valence electrons. The van der Waals surface area contributed by atoms with Gasteiger partial charge in [0, 0.05) is 18.8 Å². The highest BCUT2D eigenvalue weighted by Crippen LogP contribution is 2.43. The maximum atomic E-state index is 13.6. The fourth-order valence-electron chi connectivity index (χ4n) is 4.35. The molecule has 5 unspecified atom stereocenters. The Hall–Kier alpha value is -1.23. The van der Waals surface area contributed by atoms with E-state index in [1.54, 1.807) is 6.92 Å². The van der Waals surface area contributed by atoms with Crippen LogP contribution in [0.1, 0.15) is 73.1 Å². The zero-order valence-corrected chi connectivity index (χ0v) is 16.7. The number of rotatable bonds is 2. The van der Waals surface area contributed by atoms with Crippen molar-refractivity contribution in [2.45, 2.75) is 84.7 Å². The monoisotopic (exact) mass is 370 g/mol. The molecule has 0 aromatic heterocycles. The van der Waals surface area contributed by atoms with Crippen LogP contribution in [0.3, 0.4) is 0 Å². The Morgan fingerprint density at radius 3 is 1.81 bits per heavy atom. The number of alkyl halides is 3. The van der Waals surface area contributed by atoms with E-state index in [9.17, 15) is 13.2 Å². The van der Waals surface area contributed by atoms with Crippen molar-refractivity contribution in [3.8, 4) is 12.1 Å². The molecule has 0 amide bonds. The highest BCUT2D eigenvalue weighted by Gasteiger charge is 2.42. The zero-order valence-electron chi connectivity index (χ0n) is 16.7. The van der Waals surface area contributed by atoms with E-state index in [0.29, 0.717) is 31.1 Å². The summed E-state index contributed by atoms with van der Waals surface area (Å²) < 4.78 is 39.6. The summed E-state index contributed by atoms with van der Waals surface area (Å²) in [7, 11) is 0. The third kappa shape index (κ3) is 6.49. The molecule has 0 saturated heterocycles. The van der Waals surface area contributed by atoms with E-state index in [0.717, 1.165) is 6.42 Å². The first-order valence-electron chi connectivity index (χ1n) is 9.78. The van der Waals surface area contributed by atoms with Crippen LogP contribution in [0.5, 0.6) is 0 Å². The molecule has 2 fully saturated rings. The number of hydrogen-bond acceptors (Lipinski definition) is 2. The van der Waals surface area contributed by atoms with Crippen LogP contribution in [0.15, 0.2) is 0 Å². The lowest BCUT2D eigenvalue weighted by molar-refractivity contribution is -0.0702. The van der Waals surface area contributed by atoms with Gasteiger partial charge in [-0.2, -0.15) is 10.5 Å². The van der Waals surface area contributed by atoms with E-state index in [-0.39, 0.29) is 36.5 Å². The average Bonchev–Trinajstić information content (AvgIpc) is 2.53. The molecule has 2 saturated carbocycles. The summed E-state index contributed by atoms with van der Waals surface area (Å²) in [6, 6.07) is 4.39. The molecular weight excluding hydrogens is 337 g/mol. The average molecular weight is 371 g/mol. The maximum Gasteiger partial charge on any atom is 0.248 e. The van der Waals surface area contributed by atoms with Gasteiger partial charge in [0.2, 0.25) is 5.92 Å². The van der Waals surface area contributed by atoms with Crippen LogP contribution in [0.25, 0.3) is 0 Å². The summed E-state index contributed by atoms with van der Waals surface area (Å²) in [5.74, 6) is -1.84. The van der Waals surface area contributed by atoms with Gasteiger partial charge in [-0.25, -0.2) is 13.2 Å². The third-order valence-electron chi connectivity index (χ3n) is 6.08. The summed E-state index contributed by atoms with van der Waals surface area (Å²) in [6.45, 7) is 9.69. The van der Waals surface area contributed by atoms with Crippen molar-refractivity contribution in [2.24, 2.45) is 35.5 Å². The Balaban J connectivity index is 0.000000260. The van der Waals surface area contributed by atoms with Crippen molar-refractivity contribution in [2.75, 3.05) is 0 Å². The van der Waals surface area contributed by atoms with Crippen molar-refractivity contribution in [1.82, 2.24) is 0 Å². The Bertz CT molecular complexity index is 528. The smallest absolute Gasteiger partial charge is 0.244 e. The molecule has 2 aliphatic carbocycles. The highest BCUT2D eigenvalue weighted by atomic mass is 19.3. The molecule has 0 radical (unpaired) electrons. The van der Waals surface area contributed by atoms with Crippen molar-refractivity contribution in [3.63, 3.8) is 0 Å². The summed E-state index contributed by atoms with van der Waals surface area (Å²) in [4.78, 5) is 0. The van der Waals surface area contributed by atoms with Crippen LogP contribution in [-0.2, 0) is 0 Å². The Morgan fingerprint density at radius 2 is 1.35 bits per heavy atom. The predicted octanol–water partition coefficient (Wildman–Crippen LogP) is 6.53. The van der Waals surface area contributed by atoms with Crippen molar-refractivity contribution < 1.29 is 13.2 Å². The molecule has 0 bridgehead atoms. The normalized spacial score (nSPS) is 36.6. The summed E-state index contributed by atoms with van der Waals surface area (Å²) in [5.41, 5.74) is -1.11. The fraction of sp³-hybridized carbons (Fsp3) is 0.905. The second-order valence-corrected chi connectivity index (χ2v) is 9.04. The van der Waals surface area contributed by atoms with Gasteiger partial charge < -0.3 is 0 Å². The van der Waals surface area contributed by atoms with Gasteiger partial charge in [-0.1, -0.05) is 27.7 Å². The Kier molecular flexibility index (Phi) is 8.00. The Morgan fingerprint density at radius 1 is 0.808 bits per heavy atom. The predicted molar refractivity (Wildman–Crippen MR) is 97.0 cm³/mol. The van der Waals surface area contributed by atoms with Crippen molar-refractivity contribution in [3.05, 3.63) is 0 Å². The van der Waals surface area contributed by atoms with Gasteiger partial charge in [0.1, 0.15) is 5.67 Å². The molecule has 2 aliphatic rings. The fourth-order valence-corrected chi connectivity index (χ4v) is 4.35. The first kappa shape index (κ1) is 22.8. The lowest BCUT2D eigenvalue weighted by Gasteiger charge is -2.36. The second-order valence-electron chi connectivity index (χ2n) is 9.04. The van der Waals surface area contributed by atoms with Gasteiger partial charge in [0.05, 0.1) is 18.1 Å². The topological polar surface area (TPSA) is 47.6 Å². The van der Waals surface area contributed by atoms with Gasteiger partial charge in [-0.15, -0.1) is 0 Å². The second kappa shape index (κ2) is 9.12. The van der Waals surface area contributed by atoms with Crippen LogP contribution in [0.4, 0.5) is 13.2 Å². The number of hydrogen-bond donors (Lipinski definition) is 0. The molecule has 0 aromatic rings. The molecule has 0 aliphatic heterocycles. The lowest BCUT2D eigenvalue weighted by atomic mass is 9.69. The van der Waals surface area contributed by atoms with Crippen LogP contribution in [-0.4, -0.2) is 11.6 Å². The maximum absolute atomic E-state index is 13.6. The van der Waals surface area contributed by atoms with Gasteiger partial charge in [-0.3, -0.25) is 0 Å². The summed E-state index contributed by atoms with van der Waals surface area (Å²) >= 11 is 0. The van der Waals surface area contributed by atoms with Crippen LogP contribution in [0.2, 0.25) is 0 Å². The largest absolute Gasteiger partial charge is 0.248 e. The van der Waals surface area contributed by atoms with Gasteiger partial charge in [-0.05, 0) is 56.3 Å². The molecule has 2 nitrogen and oxygen atoms in total. The SMILES string of the molecule is CC(C)C1CC(F)(F)CCC1C#N.CC(C)C1CCC(C)(F)CC1C#N. The van der Waals surface area contributed by atoms with Crippen molar-refractivity contribution in [1.29, 1.82) is 10.5 Å². The minimum absolute atomic E-state index is 0.0799. The quantitative estimate of drug-likeness (QED) is 0.555. The number of halogens is 3. The van der Waals surface area contributed by atoms with E-state index >= 15 is 0 Å². The van der Waals surface area contributed by atoms with Gasteiger partial charge in [0.15, 0.2) is 0 Å². The van der Waals surface area contributed by atoms with Gasteiger partial charge >= 0.3 is 0 Å². The molecule has 0 aromatic carbocycles. The standard InChI is InChI=1S/C11H18FN.C10H15F2N/c1-8(2)10-4-5-11(3,12)6-9(10)7-13;1-7(2)9-5-10(11,12)4-3-8(9)6-13/h8-10H,4-6H2,1-3H3;7-9H,3-5H2,1-2H3. The third-order valence-corrected chi connectivity index (χ3v) is 6.08. The Labute approximate surface area is 156 Å². The summed E-state index contributed by atoms with van der Waals surface area (Å²) in [6.07, 6.45) is 2.03. The minimum Gasteiger partial charge on any atom is -0.244 e. The molecule has 0 heterocycles. The molecule has 0 spiro atoms. The number of nitriles is 2. The highest BCUT2D eigenvalue weighted by molar-refractivity contribution is 4.98. The first-order valence-corrected chi connectivity index (χ1v) is 9.78. The van der Waals surface area contributed by atoms with Crippen molar-refractivity contribution >= 4 is 0 Å². The van der Waals surface area contributed by atoms with E-state index < -0.39 is 11.6 Å². The van der Waals surface area contributed by atoms with E-state index in [1.165, 1.54) is 0 Å². The molecule has 5 atom stereocenters. The minimum atomic E-state index is -2.54. The first-order chi connectivity index (χ1) is 11.9. The number of nitrogens with zero attached hydrogens (tertiary/aromatic N) is 2. The molecular formula is C21H33F3N2. The van der Waals surface area contributed by atoms with E-state index in [4.69, 9.17) is 10.5 Å². The van der Waals surface area contributed by atoms with Crippen LogP contribution < -0.4 is 0 Å². The summed E-state index contributed by atoms with van der Waals surface area (Å²) in [5, 5.41) is 17.7. The molecule has 26 heavy (non-hydrogen) atoms. The van der Waals surface area contributed by atoms with E-state index in [2.05, 4.69) is 26.0 Å². The van der Waals surface area contributed by atoms with E-state index in [1.807, 2.05) is 13.8 Å². The van der Waals surface area contributed by atoms with Gasteiger partial charge in [0.25, 0.3) is 0 Å². The van der Waals surface area contributed by atoms with Crippen LogP contribution >= 0.6 is 0 Å². The zero-order chi connectivity index (χ0) is 20.1. The lowest BCUT2D eigenvalue weighted by Crippen LogP contribution is -2.34. The molecule has 5 heteroatoms. The molecule has 2 rings (SSSR count).